The highest BCUT2D eigenvalue weighted by molar-refractivity contribution is 14.1. The molecular formula is C30H56I2O4. The van der Waals surface area contributed by atoms with Crippen molar-refractivity contribution in [3.63, 3.8) is 0 Å². The molecule has 0 aliphatic heterocycles. The van der Waals surface area contributed by atoms with Gasteiger partial charge in [0.15, 0.2) is 0 Å². The second-order valence-corrected chi connectivity index (χ2v) is 12.3. The third-order valence-electron chi connectivity index (χ3n) is 6.59. The van der Waals surface area contributed by atoms with Crippen LogP contribution in [-0.2, 0) is 19.1 Å². The lowest BCUT2D eigenvalue weighted by Gasteiger charge is -2.05. The molecule has 0 unspecified atom stereocenters. The summed E-state index contributed by atoms with van der Waals surface area (Å²) in [5, 5.41) is 0. The smallest absolute Gasteiger partial charge is 0.305 e. The van der Waals surface area contributed by atoms with Crippen molar-refractivity contribution < 1.29 is 19.1 Å². The zero-order valence-corrected chi connectivity index (χ0v) is 27.5. The van der Waals surface area contributed by atoms with Gasteiger partial charge in [0.2, 0.25) is 0 Å². The summed E-state index contributed by atoms with van der Waals surface area (Å²) in [7, 11) is 0. The quantitative estimate of drug-likeness (QED) is 0.0332. The van der Waals surface area contributed by atoms with E-state index < -0.39 is 0 Å². The molecule has 0 aliphatic carbocycles. The van der Waals surface area contributed by atoms with Crippen LogP contribution in [0, 0.1) is 0 Å². The summed E-state index contributed by atoms with van der Waals surface area (Å²) in [6, 6.07) is 0. The molecule has 0 heterocycles. The predicted molar refractivity (Wildman–Crippen MR) is 170 cm³/mol. The van der Waals surface area contributed by atoms with Crippen LogP contribution in [0.5, 0.6) is 0 Å². The Labute approximate surface area is 250 Å². The van der Waals surface area contributed by atoms with Gasteiger partial charge in [-0.2, -0.15) is 0 Å². The van der Waals surface area contributed by atoms with Gasteiger partial charge in [-0.25, -0.2) is 0 Å². The van der Waals surface area contributed by atoms with Crippen molar-refractivity contribution in [2.75, 3.05) is 22.1 Å². The number of hydrogen-bond donors (Lipinski definition) is 0. The number of carbonyl (C=O) groups is 2. The maximum Gasteiger partial charge on any atom is 0.305 e. The lowest BCUT2D eigenvalue weighted by molar-refractivity contribution is -0.144. The molecule has 0 radical (unpaired) electrons. The van der Waals surface area contributed by atoms with Crippen LogP contribution < -0.4 is 0 Å². The second-order valence-electron chi connectivity index (χ2n) is 10.1. The summed E-state index contributed by atoms with van der Waals surface area (Å²) in [4.78, 5) is 23.1. The highest BCUT2D eigenvalue weighted by atomic mass is 127. The minimum atomic E-state index is -0.0135. The van der Waals surface area contributed by atoms with Crippen molar-refractivity contribution in [3.8, 4) is 0 Å². The molecule has 0 saturated heterocycles. The number of rotatable bonds is 29. The monoisotopic (exact) mass is 734 g/mol. The van der Waals surface area contributed by atoms with Crippen LogP contribution in [-0.4, -0.2) is 34.0 Å². The van der Waals surface area contributed by atoms with E-state index in [0.717, 1.165) is 47.4 Å². The summed E-state index contributed by atoms with van der Waals surface area (Å²) in [6.45, 7) is 1.22. The number of alkyl halides is 2. The molecule has 0 aromatic rings. The Kier molecular flexibility index (Phi) is 32.0. The van der Waals surface area contributed by atoms with Gasteiger partial charge in [-0.3, -0.25) is 9.59 Å². The molecule has 0 N–H and O–H groups in total. The fourth-order valence-electron chi connectivity index (χ4n) is 4.28. The highest BCUT2D eigenvalue weighted by Crippen LogP contribution is 2.14. The Hall–Kier alpha value is 0.400. The van der Waals surface area contributed by atoms with Gasteiger partial charge in [0.05, 0.1) is 13.2 Å². The number of carbonyl (C=O) groups excluding carboxylic acids is 2. The number of halogens is 2. The maximum absolute atomic E-state index is 11.5. The van der Waals surface area contributed by atoms with Gasteiger partial charge in [0.25, 0.3) is 0 Å². The number of hydrogen-bond acceptors (Lipinski definition) is 4. The van der Waals surface area contributed by atoms with Crippen molar-refractivity contribution in [1.29, 1.82) is 0 Å². The molecular weight excluding hydrogens is 678 g/mol. The molecule has 214 valence electrons. The average Bonchev–Trinajstić information content (AvgIpc) is 2.87. The number of unbranched alkanes of at least 4 members (excludes halogenated alkanes) is 19. The molecule has 0 atom stereocenters. The molecule has 0 aromatic carbocycles. The summed E-state index contributed by atoms with van der Waals surface area (Å²) in [6.07, 6.45) is 28.8. The first-order valence-electron chi connectivity index (χ1n) is 15.1. The van der Waals surface area contributed by atoms with E-state index in [0.29, 0.717) is 26.1 Å². The zero-order valence-electron chi connectivity index (χ0n) is 23.2. The normalized spacial score (nSPS) is 11.1. The van der Waals surface area contributed by atoms with Crippen molar-refractivity contribution in [1.82, 2.24) is 0 Å². The summed E-state index contributed by atoms with van der Waals surface area (Å²) < 4.78 is 12.8. The molecule has 0 amide bonds. The SMILES string of the molecule is O=C(CCCCI)OCCCCCCCCCCCCCCCCCCCCOC(=O)CCCCI. The Morgan fingerprint density at radius 3 is 0.861 bits per heavy atom. The van der Waals surface area contributed by atoms with Crippen LogP contribution in [0.4, 0.5) is 0 Å². The first kappa shape index (κ1) is 36.4. The fourth-order valence-corrected chi connectivity index (χ4v) is 5.36. The molecule has 0 saturated carbocycles. The summed E-state index contributed by atoms with van der Waals surface area (Å²) in [5.41, 5.74) is 0. The van der Waals surface area contributed by atoms with E-state index in [-0.39, 0.29) is 11.9 Å². The topological polar surface area (TPSA) is 52.6 Å². The predicted octanol–water partition coefficient (Wildman–Crippen LogP) is 10.3. The average molecular weight is 735 g/mol. The van der Waals surface area contributed by atoms with Gasteiger partial charge in [-0.1, -0.05) is 148 Å². The summed E-state index contributed by atoms with van der Waals surface area (Å²) >= 11 is 4.70. The Morgan fingerprint density at radius 1 is 0.361 bits per heavy atom. The van der Waals surface area contributed by atoms with Gasteiger partial charge in [0, 0.05) is 12.8 Å². The van der Waals surface area contributed by atoms with Crippen molar-refractivity contribution in [3.05, 3.63) is 0 Å². The molecule has 36 heavy (non-hydrogen) atoms. The van der Waals surface area contributed by atoms with Crippen molar-refractivity contribution in [2.24, 2.45) is 0 Å². The van der Waals surface area contributed by atoms with E-state index in [2.05, 4.69) is 45.2 Å². The molecule has 0 aromatic heterocycles. The van der Waals surface area contributed by atoms with E-state index >= 15 is 0 Å². The maximum atomic E-state index is 11.5. The van der Waals surface area contributed by atoms with Gasteiger partial charge in [0.1, 0.15) is 0 Å². The fraction of sp³-hybridized carbons (Fsp3) is 0.933. The highest BCUT2D eigenvalue weighted by Gasteiger charge is 2.03. The Bertz CT molecular complexity index is 432. The lowest BCUT2D eigenvalue weighted by atomic mass is 10.0. The van der Waals surface area contributed by atoms with E-state index in [9.17, 15) is 9.59 Å². The lowest BCUT2D eigenvalue weighted by Crippen LogP contribution is -2.05. The first-order valence-corrected chi connectivity index (χ1v) is 18.2. The van der Waals surface area contributed by atoms with Gasteiger partial charge < -0.3 is 9.47 Å². The first-order chi connectivity index (χ1) is 17.7. The third-order valence-corrected chi connectivity index (χ3v) is 8.12. The minimum Gasteiger partial charge on any atom is -0.466 e. The van der Waals surface area contributed by atoms with Gasteiger partial charge in [-0.15, -0.1) is 0 Å². The van der Waals surface area contributed by atoms with Crippen LogP contribution in [0.3, 0.4) is 0 Å². The molecule has 0 fully saturated rings. The zero-order chi connectivity index (χ0) is 26.4. The van der Waals surface area contributed by atoms with E-state index in [1.807, 2.05) is 0 Å². The number of ether oxygens (including phenoxy) is 2. The molecule has 6 heteroatoms. The molecule has 0 rings (SSSR count). The van der Waals surface area contributed by atoms with Crippen LogP contribution in [0.25, 0.3) is 0 Å². The van der Waals surface area contributed by atoms with Gasteiger partial charge in [-0.05, 0) is 47.4 Å². The van der Waals surface area contributed by atoms with Crippen LogP contribution in [0.15, 0.2) is 0 Å². The Balaban J connectivity index is 3.12. The molecule has 0 bridgehead atoms. The standard InChI is InChI=1S/C30H56I2O4/c31-25-19-17-23-29(33)35-27-21-15-13-11-9-7-5-3-1-2-4-6-8-10-12-14-16-22-28-36-30(34)24-18-20-26-32/h1-28H2. The number of esters is 2. The van der Waals surface area contributed by atoms with E-state index in [1.165, 1.54) is 103 Å². The van der Waals surface area contributed by atoms with Crippen LogP contribution in [0.2, 0.25) is 0 Å². The molecule has 0 spiro atoms. The van der Waals surface area contributed by atoms with Crippen LogP contribution in [0.1, 0.15) is 154 Å². The largest absolute Gasteiger partial charge is 0.466 e. The minimum absolute atomic E-state index is 0.0135. The molecule has 0 aliphatic rings. The van der Waals surface area contributed by atoms with Gasteiger partial charge >= 0.3 is 11.9 Å². The van der Waals surface area contributed by atoms with E-state index in [4.69, 9.17) is 9.47 Å². The second kappa shape index (κ2) is 31.6. The Morgan fingerprint density at radius 2 is 0.611 bits per heavy atom. The summed E-state index contributed by atoms with van der Waals surface area (Å²) in [5.74, 6) is -0.0270. The van der Waals surface area contributed by atoms with Crippen molar-refractivity contribution in [2.45, 2.75) is 154 Å². The third kappa shape index (κ3) is 30.6. The molecule has 4 nitrogen and oxygen atoms in total. The van der Waals surface area contributed by atoms with E-state index in [1.54, 1.807) is 0 Å². The van der Waals surface area contributed by atoms with Crippen molar-refractivity contribution >= 4 is 57.1 Å². The van der Waals surface area contributed by atoms with Crippen LogP contribution >= 0.6 is 45.2 Å².